The van der Waals surface area contributed by atoms with Gasteiger partial charge >= 0.3 is 0 Å². The third-order valence-corrected chi connectivity index (χ3v) is 6.98. The van der Waals surface area contributed by atoms with Gasteiger partial charge < -0.3 is 9.47 Å². The minimum atomic E-state index is -0.378. The summed E-state index contributed by atoms with van der Waals surface area (Å²) in [4.78, 5) is 3.54. The molecule has 0 unspecified atom stereocenters. The van der Waals surface area contributed by atoms with Crippen LogP contribution in [0.25, 0.3) is 20.5 Å². The fourth-order valence-electron chi connectivity index (χ4n) is 4.07. The normalized spacial score (nSPS) is 14.1. The van der Waals surface area contributed by atoms with E-state index >= 15 is 0 Å². The number of thiophene rings is 1. The van der Waals surface area contributed by atoms with Gasteiger partial charge in [-0.15, -0.1) is 23.7 Å². The van der Waals surface area contributed by atoms with Gasteiger partial charge in [-0.25, -0.2) is 4.39 Å². The summed E-state index contributed by atoms with van der Waals surface area (Å²) in [6, 6.07) is 22.8. The quantitative estimate of drug-likeness (QED) is 0.268. The van der Waals surface area contributed by atoms with E-state index in [1.54, 1.807) is 23.5 Å². The minimum absolute atomic E-state index is 0. The second-order valence-electron chi connectivity index (χ2n) is 8.12. The number of fused-ring (bicyclic) bond motifs is 1. The lowest BCUT2D eigenvalue weighted by Crippen LogP contribution is -2.33. The van der Waals surface area contributed by atoms with Gasteiger partial charge in [-0.3, -0.25) is 4.90 Å². The summed E-state index contributed by atoms with van der Waals surface area (Å²) in [5.74, 6) is 1.23. The van der Waals surface area contributed by atoms with Crippen molar-refractivity contribution in [1.82, 2.24) is 4.90 Å². The Morgan fingerprint density at radius 1 is 0.848 bits per heavy atom. The third-order valence-electron chi connectivity index (χ3n) is 5.82. The molecule has 33 heavy (non-hydrogen) atoms. The van der Waals surface area contributed by atoms with Crippen LogP contribution in [-0.2, 0) is 0 Å². The van der Waals surface area contributed by atoms with Crippen LogP contribution in [0.5, 0.6) is 17.2 Å². The van der Waals surface area contributed by atoms with Gasteiger partial charge in [0.25, 0.3) is 0 Å². The molecule has 5 rings (SSSR count). The zero-order valence-electron chi connectivity index (χ0n) is 18.3. The molecule has 4 aromatic rings. The van der Waals surface area contributed by atoms with E-state index < -0.39 is 0 Å². The monoisotopic (exact) mass is 483 g/mol. The Bertz CT molecular complexity index is 1160. The van der Waals surface area contributed by atoms with E-state index in [0.717, 1.165) is 22.7 Å². The van der Waals surface area contributed by atoms with Crippen LogP contribution < -0.4 is 9.47 Å². The minimum Gasteiger partial charge on any atom is -0.492 e. The van der Waals surface area contributed by atoms with Crippen molar-refractivity contribution in [2.24, 2.45) is 0 Å². The van der Waals surface area contributed by atoms with Gasteiger partial charge in [0.2, 0.25) is 0 Å². The number of nitrogens with zero attached hydrogens (tertiary/aromatic N) is 1. The van der Waals surface area contributed by atoms with Crippen LogP contribution in [0.15, 0.2) is 72.8 Å². The second kappa shape index (κ2) is 11.0. The first-order valence-electron chi connectivity index (χ1n) is 11.2. The van der Waals surface area contributed by atoms with Crippen LogP contribution in [0.3, 0.4) is 0 Å². The van der Waals surface area contributed by atoms with E-state index in [2.05, 4.69) is 23.1 Å². The summed E-state index contributed by atoms with van der Waals surface area (Å²) in [6.07, 6.45) is 3.91. The molecule has 0 spiro atoms. The van der Waals surface area contributed by atoms with E-state index in [1.165, 1.54) is 48.5 Å². The molecule has 0 amide bonds. The molecule has 6 heteroatoms. The maximum atomic E-state index is 14.4. The smallest absolute Gasteiger partial charge is 0.165 e. The van der Waals surface area contributed by atoms with Crippen molar-refractivity contribution in [2.45, 2.75) is 19.3 Å². The molecule has 2 heterocycles. The van der Waals surface area contributed by atoms with Gasteiger partial charge in [0, 0.05) is 16.1 Å². The fraction of sp³-hybridized carbons (Fsp3) is 0.259. The molecule has 1 aromatic heterocycles. The standard InChI is InChI=1S/C27H26FNO2S.ClH/c28-24-13-8-21(27-19-20-6-2-3-7-26(20)32-27)18-25(24)31-23-11-9-22(10-12-23)30-17-16-29-14-4-1-5-15-29;/h2-3,6-13,18-19H,1,4-5,14-17H2;1H. The molecule has 1 aliphatic heterocycles. The topological polar surface area (TPSA) is 21.7 Å². The molecule has 0 bridgehead atoms. The largest absolute Gasteiger partial charge is 0.492 e. The van der Waals surface area contributed by atoms with E-state index in [4.69, 9.17) is 9.47 Å². The number of hydrogen-bond donors (Lipinski definition) is 0. The second-order valence-corrected chi connectivity index (χ2v) is 9.20. The first kappa shape index (κ1) is 23.6. The SMILES string of the molecule is Cl.Fc1ccc(-c2cc3ccccc3s2)cc1Oc1ccc(OCCN2CCCCC2)cc1. The van der Waals surface area contributed by atoms with E-state index in [9.17, 15) is 4.39 Å². The lowest BCUT2D eigenvalue weighted by atomic mass is 10.1. The summed E-state index contributed by atoms with van der Waals surface area (Å²) < 4.78 is 27.4. The Morgan fingerprint density at radius 3 is 2.39 bits per heavy atom. The van der Waals surface area contributed by atoms with Gasteiger partial charge in [-0.1, -0.05) is 30.7 Å². The molecule has 3 nitrogen and oxygen atoms in total. The number of rotatable bonds is 7. The van der Waals surface area contributed by atoms with Gasteiger partial charge in [0.05, 0.1) is 0 Å². The molecular formula is C27H27ClFNO2S. The first-order chi connectivity index (χ1) is 15.7. The van der Waals surface area contributed by atoms with Crippen molar-refractivity contribution in [3.8, 4) is 27.7 Å². The number of halogens is 2. The lowest BCUT2D eigenvalue weighted by molar-refractivity contribution is 0.183. The Labute approximate surface area is 204 Å². The Morgan fingerprint density at radius 2 is 1.61 bits per heavy atom. The maximum Gasteiger partial charge on any atom is 0.165 e. The highest BCUT2D eigenvalue weighted by molar-refractivity contribution is 7.22. The number of likely N-dealkylation sites (tertiary alicyclic amines) is 1. The predicted octanol–water partition coefficient (Wildman–Crippen LogP) is 7.79. The molecule has 0 saturated carbocycles. The fourth-order valence-corrected chi connectivity index (χ4v) is 5.12. The van der Waals surface area contributed by atoms with Crippen molar-refractivity contribution in [1.29, 1.82) is 0 Å². The average Bonchev–Trinajstić information content (AvgIpc) is 3.27. The van der Waals surface area contributed by atoms with Crippen LogP contribution in [0, 0.1) is 5.82 Å². The van der Waals surface area contributed by atoms with Crippen molar-refractivity contribution in [2.75, 3.05) is 26.2 Å². The van der Waals surface area contributed by atoms with Gasteiger partial charge in [-0.2, -0.15) is 0 Å². The summed E-state index contributed by atoms with van der Waals surface area (Å²) in [5.41, 5.74) is 0.945. The Hall–Kier alpha value is -2.60. The first-order valence-corrected chi connectivity index (χ1v) is 12.0. The molecule has 172 valence electrons. The van der Waals surface area contributed by atoms with E-state index in [0.29, 0.717) is 12.4 Å². The summed E-state index contributed by atoms with van der Waals surface area (Å²) in [6.45, 7) is 3.96. The molecule has 0 aliphatic carbocycles. The van der Waals surface area contributed by atoms with E-state index in [-0.39, 0.29) is 24.0 Å². The highest BCUT2D eigenvalue weighted by atomic mass is 35.5. The lowest BCUT2D eigenvalue weighted by Gasteiger charge is -2.26. The summed E-state index contributed by atoms with van der Waals surface area (Å²) in [5, 5.41) is 1.19. The molecule has 0 radical (unpaired) electrons. The van der Waals surface area contributed by atoms with Crippen molar-refractivity contribution >= 4 is 33.8 Å². The molecule has 1 fully saturated rings. The van der Waals surface area contributed by atoms with Gasteiger partial charge in [-0.05, 0) is 85.4 Å². The summed E-state index contributed by atoms with van der Waals surface area (Å²) >= 11 is 1.69. The average molecular weight is 484 g/mol. The molecule has 1 saturated heterocycles. The number of ether oxygens (including phenoxy) is 2. The van der Waals surface area contributed by atoms with Crippen LogP contribution in [0.1, 0.15) is 19.3 Å². The van der Waals surface area contributed by atoms with Crippen LogP contribution in [0.4, 0.5) is 4.39 Å². The molecule has 0 N–H and O–H groups in total. The summed E-state index contributed by atoms with van der Waals surface area (Å²) in [7, 11) is 0. The maximum absolute atomic E-state index is 14.4. The number of benzene rings is 3. The Balaban J connectivity index is 0.00000259. The van der Waals surface area contributed by atoms with Gasteiger partial charge in [0.1, 0.15) is 18.1 Å². The highest BCUT2D eigenvalue weighted by Gasteiger charge is 2.11. The van der Waals surface area contributed by atoms with Crippen molar-refractivity contribution in [3.05, 3.63) is 78.6 Å². The van der Waals surface area contributed by atoms with E-state index in [1.807, 2.05) is 36.4 Å². The Kier molecular flexibility index (Phi) is 7.86. The molecule has 0 atom stereocenters. The number of piperidine rings is 1. The van der Waals surface area contributed by atoms with Crippen LogP contribution in [0.2, 0.25) is 0 Å². The van der Waals surface area contributed by atoms with Gasteiger partial charge in [0.15, 0.2) is 11.6 Å². The van der Waals surface area contributed by atoms with Crippen molar-refractivity contribution < 1.29 is 13.9 Å². The highest BCUT2D eigenvalue weighted by Crippen LogP contribution is 2.36. The predicted molar refractivity (Wildman–Crippen MR) is 137 cm³/mol. The zero-order chi connectivity index (χ0) is 21.8. The molecular weight excluding hydrogens is 457 g/mol. The van der Waals surface area contributed by atoms with Crippen LogP contribution >= 0.6 is 23.7 Å². The molecule has 1 aliphatic rings. The molecule has 3 aromatic carbocycles. The van der Waals surface area contributed by atoms with Crippen LogP contribution in [-0.4, -0.2) is 31.1 Å². The number of hydrogen-bond acceptors (Lipinski definition) is 4. The third kappa shape index (κ3) is 5.85. The zero-order valence-corrected chi connectivity index (χ0v) is 20.0. The van der Waals surface area contributed by atoms with Crippen molar-refractivity contribution in [3.63, 3.8) is 0 Å².